The number of nitro groups is 1. The average Bonchev–Trinajstić information content (AvgIpc) is 2.68. The number of piperidine rings is 2. The zero-order valence-corrected chi connectivity index (χ0v) is 15.8. The molecule has 2 heterocycles. The molecule has 2 aliphatic rings. The Hall–Kier alpha value is -2.97. The van der Waals surface area contributed by atoms with E-state index >= 15 is 0 Å². The highest BCUT2D eigenvalue weighted by molar-refractivity contribution is 6.16. The van der Waals surface area contributed by atoms with E-state index in [1.165, 1.54) is 6.07 Å². The van der Waals surface area contributed by atoms with Gasteiger partial charge in [-0.25, -0.2) is 0 Å². The Morgan fingerprint density at radius 1 is 1.25 bits per heavy atom. The van der Waals surface area contributed by atoms with Crippen LogP contribution in [0, 0.1) is 16.0 Å². The number of esters is 1. The summed E-state index contributed by atoms with van der Waals surface area (Å²) in [6.45, 7) is 2.95. The second-order valence-electron chi connectivity index (χ2n) is 6.94. The van der Waals surface area contributed by atoms with Crippen LogP contribution in [-0.4, -0.2) is 42.4 Å². The van der Waals surface area contributed by atoms with Gasteiger partial charge in [-0.2, -0.15) is 0 Å². The molecule has 0 spiro atoms. The minimum atomic E-state index is -0.522. The molecular formula is C19H23N3O6. The number of carbonyl (C=O) groups excluding carboxylic acids is 3. The lowest BCUT2D eigenvalue weighted by Gasteiger charge is -2.33. The maximum Gasteiger partial charge on any atom is 0.310 e. The SMILES string of the molecule is CCOC(=O)C1CCCN(c2ccc(N3C(=O)CCCC3=O)cc2[N+](=O)[O-])C1. The summed E-state index contributed by atoms with van der Waals surface area (Å²) < 4.78 is 5.08. The number of nitro benzene ring substituents is 1. The van der Waals surface area contributed by atoms with E-state index in [1.54, 1.807) is 24.0 Å². The quantitative estimate of drug-likeness (QED) is 0.329. The first-order valence-corrected chi connectivity index (χ1v) is 9.48. The minimum absolute atomic E-state index is 0.187. The van der Waals surface area contributed by atoms with Crippen LogP contribution in [0.1, 0.15) is 39.0 Å². The molecule has 2 aliphatic heterocycles. The topological polar surface area (TPSA) is 110 Å². The highest BCUT2D eigenvalue weighted by Gasteiger charge is 2.32. The number of anilines is 2. The third kappa shape index (κ3) is 3.97. The van der Waals surface area contributed by atoms with E-state index in [-0.39, 0.29) is 47.9 Å². The summed E-state index contributed by atoms with van der Waals surface area (Å²) in [5.41, 5.74) is 0.400. The van der Waals surface area contributed by atoms with Crippen molar-refractivity contribution in [2.45, 2.75) is 39.0 Å². The van der Waals surface area contributed by atoms with Gasteiger partial charge in [0.25, 0.3) is 5.69 Å². The van der Waals surface area contributed by atoms with Crippen molar-refractivity contribution in [2.24, 2.45) is 5.92 Å². The first-order chi connectivity index (χ1) is 13.4. The van der Waals surface area contributed by atoms with Gasteiger partial charge in [0, 0.05) is 32.0 Å². The molecule has 1 aromatic rings. The molecule has 9 heteroatoms. The minimum Gasteiger partial charge on any atom is -0.466 e. The maximum absolute atomic E-state index is 12.1. The fourth-order valence-corrected chi connectivity index (χ4v) is 3.75. The number of nitrogens with zero attached hydrogens (tertiary/aromatic N) is 3. The largest absolute Gasteiger partial charge is 0.466 e. The second kappa shape index (κ2) is 8.37. The van der Waals surface area contributed by atoms with Crippen molar-refractivity contribution in [1.82, 2.24) is 0 Å². The van der Waals surface area contributed by atoms with Crippen LogP contribution in [0.15, 0.2) is 18.2 Å². The van der Waals surface area contributed by atoms with Crippen LogP contribution < -0.4 is 9.80 Å². The molecule has 9 nitrogen and oxygen atoms in total. The molecule has 150 valence electrons. The third-order valence-electron chi connectivity index (χ3n) is 5.08. The maximum atomic E-state index is 12.1. The molecule has 2 amide bonds. The van der Waals surface area contributed by atoms with Gasteiger partial charge in [0.15, 0.2) is 0 Å². The first-order valence-electron chi connectivity index (χ1n) is 9.48. The van der Waals surface area contributed by atoms with Gasteiger partial charge in [-0.3, -0.25) is 29.4 Å². The van der Waals surface area contributed by atoms with Crippen LogP contribution in [0.25, 0.3) is 0 Å². The van der Waals surface area contributed by atoms with E-state index in [4.69, 9.17) is 4.74 Å². The fraction of sp³-hybridized carbons (Fsp3) is 0.526. The van der Waals surface area contributed by atoms with Crippen molar-refractivity contribution < 1.29 is 24.0 Å². The van der Waals surface area contributed by atoms with Gasteiger partial charge in [-0.15, -0.1) is 0 Å². The Labute approximate surface area is 162 Å². The van der Waals surface area contributed by atoms with Crippen molar-refractivity contribution in [1.29, 1.82) is 0 Å². The lowest BCUT2D eigenvalue weighted by Crippen LogP contribution is -2.41. The standard InChI is InChI=1S/C19H23N3O6/c1-2-28-19(25)13-5-4-10-20(12-13)15-9-8-14(11-16(15)22(26)27)21-17(23)6-3-7-18(21)24/h8-9,11,13H,2-7,10,12H2,1H3. The molecule has 1 unspecified atom stereocenters. The van der Waals surface area contributed by atoms with Crippen LogP contribution in [0.4, 0.5) is 17.1 Å². The number of hydrogen-bond acceptors (Lipinski definition) is 7. The molecule has 2 saturated heterocycles. The van der Waals surface area contributed by atoms with Gasteiger partial charge in [-0.1, -0.05) is 0 Å². The summed E-state index contributed by atoms with van der Waals surface area (Å²) >= 11 is 0. The number of rotatable bonds is 5. The summed E-state index contributed by atoms with van der Waals surface area (Å²) in [6, 6.07) is 4.37. The highest BCUT2D eigenvalue weighted by atomic mass is 16.6. The number of amides is 2. The number of benzene rings is 1. The van der Waals surface area contributed by atoms with E-state index in [1.807, 2.05) is 0 Å². The molecule has 0 saturated carbocycles. The van der Waals surface area contributed by atoms with Crippen LogP contribution in [-0.2, 0) is 19.1 Å². The third-order valence-corrected chi connectivity index (χ3v) is 5.08. The van der Waals surface area contributed by atoms with Gasteiger partial charge in [0.1, 0.15) is 5.69 Å². The van der Waals surface area contributed by atoms with E-state index in [2.05, 4.69) is 0 Å². The summed E-state index contributed by atoms with van der Waals surface area (Å²) in [4.78, 5) is 50.3. The summed E-state index contributed by atoms with van der Waals surface area (Å²) in [7, 11) is 0. The summed E-state index contributed by atoms with van der Waals surface area (Å²) in [6.07, 6.45) is 2.38. The number of hydrogen-bond donors (Lipinski definition) is 0. The predicted molar refractivity (Wildman–Crippen MR) is 101 cm³/mol. The van der Waals surface area contributed by atoms with E-state index in [9.17, 15) is 24.5 Å². The molecule has 28 heavy (non-hydrogen) atoms. The van der Waals surface area contributed by atoms with E-state index < -0.39 is 4.92 Å². The van der Waals surface area contributed by atoms with Crippen LogP contribution >= 0.6 is 0 Å². The lowest BCUT2D eigenvalue weighted by atomic mass is 9.97. The van der Waals surface area contributed by atoms with Crippen molar-refractivity contribution in [3.05, 3.63) is 28.3 Å². The summed E-state index contributed by atoms with van der Waals surface area (Å²) in [5.74, 6) is -1.33. The molecule has 1 aromatic carbocycles. The van der Waals surface area contributed by atoms with Crippen LogP contribution in [0.2, 0.25) is 0 Å². The Kier molecular flexibility index (Phi) is 5.91. The first kappa shape index (κ1) is 19.8. The van der Waals surface area contributed by atoms with E-state index in [0.29, 0.717) is 44.6 Å². The van der Waals surface area contributed by atoms with Crippen LogP contribution in [0.3, 0.4) is 0 Å². The van der Waals surface area contributed by atoms with Crippen molar-refractivity contribution >= 4 is 34.8 Å². The molecule has 0 aliphatic carbocycles. The number of ether oxygens (including phenoxy) is 1. The van der Waals surface area contributed by atoms with Crippen molar-refractivity contribution in [3.63, 3.8) is 0 Å². The molecule has 3 rings (SSSR count). The Morgan fingerprint density at radius 3 is 2.61 bits per heavy atom. The predicted octanol–water partition coefficient (Wildman–Crippen LogP) is 2.42. The second-order valence-corrected chi connectivity index (χ2v) is 6.94. The number of imide groups is 1. The Bertz CT molecular complexity index is 793. The Morgan fingerprint density at radius 2 is 1.96 bits per heavy atom. The molecule has 0 aromatic heterocycles. The lowest BCUT2D eigenvalue weighted by molar-refractivity contribution is -0.384. The molecule has 0 radical (unpaired) electrons. The molecule has 1 atom stereocenters. The van der Waals surface area contributed by atoms with E-state index in [0.717, 1.165) is 4.90 Å². The molecule has 0 N–H and O–H groups in total. The smallest absolute Gasteiger partial charge is 0.310 e. The monoisotopic (exact) mass is 389 g/mol. The normalized spacial score (nSPS) is 20.2. The van der Waals surface area contributed by atoms with Crippen molar-refractivity contribution in [2.75, 3.05) is 29.5 Å². The summed E-state index contributed by atoms with van der Waals surface area (Å²) in [5, 5.41) is 11.7. The fourth-order valence-electron chi connectivity index (χ4n) is 3.75. The molecule has 0 bridgehead atoms. The zero-order chi connectivity index (χ0) is 20.3. The van der Waals surface area contributed by atoms with Gasteiger partial charge in [0.2, 0.25) is 11.8 Å². The van der Waals surface area contributed by atoms with Crippen molar-refractivity contribution in [3.8, 4) is 0 Å². The average molecular weight is 389 g/mol. The van der Waals surface area contributed by atoms with Crippen LogP contribution in [0.5, 0.6) is 0 Å². The highest BCUT2D eigenvalue weighted by Crippen LogP contribution is 2.36. The molecule has 2 fully saturated rings. The zero-order valence-electron chi connectivity index (χ0n) is 15.8. The Balaban J connectivity index is 1.89. The van der Waals surface area contributed by atoms with Gasteiger partial charge in [0.05, 0.1) is 23.1 Å². The molecular weight excluding hydrogens is 366 g/mol. The van der Waals surface area contributed by atoms with Gasteiger partial charge in [-0.05, 0) is 38.3 Å². The number of carbonyl (C=O) groups is 3. The van der Waals surface area contributed by atoms with Gasteiger partial charge < -0.3 is 9.64 Å². The van der Waals surface area contributed by atoms with Gasteiger partial charge >= 0.3 is 5.97 Å².